The number of rotatable bonds is 18. The molecule has 4 atom stereocenters. The molecule has 0 bridgehead atoms. The number of cyclic esters (lactones) is 2. The second-order valence-corrected chi connectivity index (χ2v) is 11.9. The third-order valence-electron chi connectivity index (χ3n) is 8.52. The number of esters is 1. The van der Waals surface area contributed by atoms with Crippen LogP contribution < -0.4 is 0 Å². The highest BCUT2D eigenvalue weighted by molar-refractivity contribution is 5.90. The monoisotopic (exact) mass is 605 g/mol. The Morgan fingerprint density at radius 3 is 2.25 bits per heavy atom. The van der Waals surface area contributed by atoms with E-state index in [-0.39, 0.29) is 19.8 Å². The Hall–Kier alpha value is -3.49. The number of aliphatic hydroxyl groups excluding tert-OH is 1. The molecule has 2 aromatic rings. The number of unbranched alkanes of at least 4 members (excludes halogenated alkanes) is 7. The van der Waals surface area contributed by atoms with Crippen LogP contribution in [0.4, 0.5) is 4.79 Å². The number of Topliss-reactive ketones (excluding diaryl/α,β-unsaturated/α-hetero) is 1. The smallest absolute Gasteiger partial charge is 0.411 e. The van der Waals surface area contributed by atoms with E-state index in [0.717, 1.165) is 56.1 Å². The molecule has 8 nitrogen and oxygen atoms in total. The van der Waals surface area contributed by atoms with Gasteiger partial charge in [0.2, 0.25) is 5.54 Å². The second kappa shape index (κ2) is 17.1. The number of hydrogen-bond acceptors (Lipinski definition) is 7. The molecule has 0 aromatic heterocycles. The van der Waals surface area contributed by atoms with Crippen LogP contribution >= 0.6 is 0 Å². The fourth-order valence-electron chi connectivity index (χ4n) is 5.88. The zero-order valence-electron chi connectivity index (χ0n) is 25.9. The summed E-state index contributed by atoms with van der Waals surface area (Å²) >= 11 is 0. The van der Waals surface area contributed by atoms with Gasteiger partial charge < -0.3 is 19.3 Å². The van der Waals surface area contributed by atoms with Crippen LogP contribution in [-0.2, 0) is 37.0 Å². The van der Waals surface area contributed by atoms with Crippen molar-refractivity contribution in [2.45, 2.75) is 115 Å². The molecule has 2 aliphatic rings. The Bertz CT molecular complexity index is 1220. The van der Waals surface area contributed by atoms with Gasteiger partial charge in [0.25, 0.3) is 0 Å². The van der Waals surface area contributed by atoms with Gasteiger partial charge in [-0.2, -0.15) is 0 Å². The van der Waals surface area contributed by atoms with E-state index in [1.807, 2.05) is 66.7 Å². The van der Waals surface area contributed by atoms with E-state index < -0.39 is 35.9 Å². The summed E-state index contributed by atoms with van der Waals surface area (Å²) in [6, 6.07) is 18.8. The Labute approximate surface area is 261 Å². The molecule has 44 heavy (non-hydrogen) atoms. The van der Waals surface area contributed by atoms with E-state index in [1.165, 1.54) is 17.7 Å². The normalized spacial score (nSPS) is 23.3. The fourth-order valence-corrected chi connectivity index (χ4v) is 5.88. The predicted molar refractivity (Wildman–Crippen MR) is 168 cm³/mol. The van der Waals surface area contributed by atoms with Gasteiger partial charge in [-0.1, -0.05) is 106 Å². The minimum Gasteiger partial charge on any atom is -0.453 e. The molecule has 2 heterocycles. The molecule has 1 amide bonds. The van der Waals surface area contributed by atoms with Crippen molar-refractivity contribution in [1.29, 1.82) is 0 Å². The molecule has 2 aliphatic heterocycles. The molecule has 1 N–H and O–H groups in total. The third kappa shape index (κ3) is 8.79. The van der Waals surface area contributed by atoms with Crippen LogP contribution in [0.5, 0.6) is 0 Å². The molecule has 0 saturated carbocycles. The standard InChI is InChI=1S/C36H47NO7/c1-2-3-4-15-22-30(38)23-16-7-5-6-8-17-24-31-32(42-26-29-20-13-10-14-21-29)33(39)36(34(40)44-31)27-43-35(41)37(36)25-28-18-11-9-12-19-28/h9-14,17-21,24,31-33,39H,2-8,15-16,22-23,25-27H2,1H3/b24-17+/t31-,32+,33-,36-/m0/s1. The van der Waals surface area contributed by atoms with Crippen molar-refractivity contribution in [3.63, 3.8) is 0 Å². The van der Waals surface area contributed by atoms with Gasteiger partial charge in [-0.15, -0.1) is 0 Å². The first-order valence-electron chi connectivity index (χ1n) is 16.2. The molecule has 2 fully saturated rings. The minimum absolute atomic E-state index is 0.0855. The molecule has 0 radical (unpaired) electrons. The maximum absolute atomic E-state index is 13.6. The molecule has 4 rings (SSSR count). The summed E-state index contributed by atoms with van der Waals surface area (Å²) in [5.74, 6) is -0.338. The van der Waals surface area contributed by atoms with Gasteiger partial charge in [-0.3, -0.25) is 9.69 Å². The fraction of sp³-hybridized carbons (Fsp3) is 0.528. The number of ether oxygens (including phenoxy) is 3. The van der Waals surface area contributed by atoms with Gasteiger partial charge in [0.1, 0.15) is 30.7 Å². The maximum atomic E-state index is 13.6. The summed E-state index contributed by atoms with van der Waals surface area (Å²) in [5, 5.41) is 11.8. The summed E-state index contributed by atoms with van der Waals surface area (Å²) in [4.78, 5) is 39.8. The summed E-state index contributed by atoms with van der Waals surface area (Å²) in [6.07, 6.45) is 10.4. The summed E-state index contributed by atoms with van der Waals surface area (Å²) in [7, 11) is 0. The lowest BCUT2D eigenvalue weighted by molar-refractivity contribution is -0.212. The zero-order chi connectivity index (χ0) is 31.2. The van der Waals surface area contributed by atoms with Crippen LogP contribution in [0.1, 0.15) is 88.7 Å². The molecule has 1 spiro atoms. The highest BCUT2D eigenvalue weighted by atomic mass is 16.6. The number of ketones is 1. The van der Waals surface area contributed by atoms with Gasteiger partial charge in [0.15, 0.2) is 0 Å². The predicted octanol–water partition coefficient (Wildman–Crippen LogP) is 6.69. The number of benzene rings is 2. The van der Waals surface area contributed by atoms with Gasteiger partial charge in [-0.05, 0) is 42.9 Å². The molecular formula is C36H47NO7. The van der Waals surface area contributed by atoms with Crippen LogP contribution in [0.25, 0.3) is 0 Å². The second-order valence-electron chi connectivity index (χ2n) is 11.9. The van der Waals surface area contributed by atoms with Crippen LogP contribution in [0, 0.1) is 0 Å². The number of carbonyl (C=O) groups is 3. The van der Waals surface area contributed by atoms with Crippen molar-refractivity contribution >= 4 is 17.8 Å². The molecule has 8 heteroatoms. The highest BCUT2D eigenvalue weighted by Crippen LogP contribution is 2.39. The number of carbonyl (C=O) groups excluding carboxylic acids is 3. The lowest BCUT2D eigenvalue weighted by atomic mass is 9.83. The van der Waals surface area contributed by atoms with E-state index in [0.29, 0.717) is 18.6 Å². The van der Waals surface area contributed by atoms with Gasteiger partial charge in [0.05, 0.1) is 13.2 Å². The SMILES string of the molecule is CCCCCCC(=O)CCCCCC/C=C/[C@@H]1OC(=O)[C@]2(COC(=O)N2Cc2ccccc2)[C@@H](O)[C@@H]1OCc1ccccc1. The van der Waals surface area contributed by atoms with Gasteiger partial charge >= 0.3 is 12.1 Å². The molecule has 0 unspecified atom stereocenters. The van der Waals surface area contributed by atoms with Crippen molar-refractivity contribution in [2.75, 3.05) is 6.61 Å². The first-order chi connectivity index (χ1) is 21.5. The summed E-state index contributed by atoms with van der Waals surface area (Å²) in [5.41, 5.74) is -0.00923. The lowest BCUT2D eigenvalue weighted by Gasteiger charge is -2.46. The first-order valence-corrected chi connectivity index (χ1v) is 16.2. The highest BCUT2D eigenvalue weighted by Gasteiger charge is 2.65. The number of allylic oxidation sites excluding steroid dienone is 1. The number of hydrogen-bond donors (Lipinski definition) is 1. The van der Waals surface area contributed by atoms with Crippen LogP contribution in [0.3, 0.4) is 0 Å². The molecule has 2 aromatic carbocycles. The van der Waals surface area contributed by atoms with Crippen molar-refractivity contribution < 1.29 is 33.7 Å². The van der Waals surface area contributed by atoms with Crippen molar-refractivity contribution in [3.05, 3.63) is 83.9 Å². The topological polar surface area (TPSA) is 102 Å². The third-order valence-corrected chi connectivity index (χ3v) is 8.52. The summed E-state index contributed by atoms with van der Waals surface area (Å²) in [6.45, 7) is 2.14. The number of aliphatic hydroxyl groups is 1. The Morgan fingerprint density at radius 1 is 0.932 bits per heavy atom. The lowest BCUT2D eigenvalue weighted by Crippen LogP contribution is -2.70. The minimum atomic E-state index is -1.72. The molecule has 238 valence electrons. The van der Waals surface area contributed by atoms with Gasteiger partial charge in [-0.25, -0.2) is 9.59 Å². The summed E-state index contributed by atoms with van der Waals surface area (Å²) < 4.78 is 17.5. The van der Waals surface area contributed by atoms with Crippen LogP contribution in [0.15, 0.2) is 72.8 Å². The van der Waals surface area contributed by atoms with Crippen LogP contribution in [0.2, 0.25) is 0 Å². The average Bonchev–Trinajstić information content (AvgIpc) is 3.36. The van der Waals surface area contributed by atoms with E-state index in [2.05, 4.69) is 6.92 Å². The van der Waals surface area contributed by atoms with Crippen molar-refractivity contribution in [2.24, 2.45) is 0 Å². The van der Waals surface area contributed by atoms with Crippen molar-refractivity contribution in [3.8, 4) is 0 Å². The Morgan fingerprint density at radius 2 is 1.57 bits per heavy atom. The maximum Gasteiger partial charge on any atom is 0.411 e. The zero-order valence-corrected chi connectivity index (χ0v) is 25.9. The van der Waals surface area contributed by atoms with E-state index in [9.17, 15) is 19.5 Å². The van der Waals surface area contributed by atoms with Crippen LogP contribution in [-0.4, -0.2) is 58.3 Å². The Balaban J connectivity index is 1.35. The van der Waals surface area contributed by atoms with Gasteiger partial charge in [0, 0.05) is 12.8 Å². The molecule has 0 aliphatic carbocycles. The van der Waals surface area contributed by atoms with Crippen molar-refractivity contribution in [1.82, 2.24) is 4.90 Å². The largest absolute Gasteiger partial charge is 0.453 e. The average molecular weight is 606 g/mol. The quantitative estimate of drug-likeness (QED) is 0.115. The number of nitrogens with zero attached hydrogens (tertiary/aromatic N) is 1. The molecule has 2 saturated heterocycles. The van der Waals surface area contributed by atoms with E-state index >= 15 is 0 Å². The first kappa shape index (κ1) is 33.4. The Kier molecular flexibility index (Phi) is 13.0. The van der Waals surface area contributed by atoms with E-state index in [4.69, 9.17) is 14.2 Å². The molecular weight excluding hydrogens is 558 g/mol. The number of amides is 1. The van der Waals surface area contributed by atoms with E-state index in [1.54, 1.807) is 6.08 Å².